The number of benzene rings is 3. The third-order valence-electron chi connectivity index (χ3n) is 4.74. The molecule has 0 unspecified atom stereocenters. The predicted octanol–water partition coefficient (Wildman–Crippen LogP) is 3.94. The van der Waals surface area contributed by atoms with Crippen LogP contribution in [0.4, 0.5) is 15.8 Å². The smallest absolute Gasteiger partial charge is 0.329 e. The van der Waals surface area contributed by atoms with Crippen molar-refractivity contribution >= 4 is 57.9 Å². The van der Waals surface area contributed by atoms with Gasteiger partial charge in [-0.2, -0.15) is 5.10 Å². The van der Waals surface area contributed by atoms with E-state index in [-0.39, 0.29) is 18.2 Å². The van der Waals surface area contributed by atoms with E-state index in [1.165, 1.54) is 18.3 Å². The minimum atomic E-state index is -1.01. The van der Waals surface area contributed by atoms with Crippen molar-refractivity contribution in [1.29, 1.82) is 0 Å². The number of rotatable bonds is 10. The Kier molecular flexibility index (Phi) is 10.4. The van der Waals surface area contributed by atoms with Gasteiger partial charge >= 0.3 is 11.8 Å². The Morgan fingerprint density at radius 3 is 2.26 bits per heavy atom. The molecule has 0 aliphatic rings. The molecule has 3 N–H and O–H groups in total. The molecule has 0 heterocycles. The standard InChI is InChI=1S/C26H24FIN4O6/c1-3-37-22-13-16(14-29-32-26(35)25(34)31-19-6-4-17(27)5-7-19)12-21(28)24(22)38-15-23(33)30-18-8-10-20(36-2)11-9-18/h4-14H,3,15H2,1-2H3,(H,30,33)(H,31,34)(H,32,35)/b29-14-. The molecule has 0 aliphatic carbocycles. The van der Waals surface area contributed by atoms with Crippen LogP contribution in [0.2, 0.25) is 0 Å². The van der Waals surface area contributed by atoms with Crippen LogP contribution in [0.25, 0.3) is 0 Å². The lowest BCUT2D eigenvalue weighted by atomic mass is 10.2. The highest BCUT2D eigenvalue weighted by Crippen LogP contribution is 2.34. The maximum atomic E-state index is 13.0. The number of hydrazone groups is 1. The summed E-state index contributed by atoms with van der Waals surface area (Å²) in [7, 11) is 1.56. The number of methoxy groups -OCH3 is 1. The lowest BCUT2D eigenvalue weighted by molar-refractivity contribution is -0.136. The van der Waals surface area contributed by atoms with Crippen molar-refractivity contribution in [3.8, 4) is 17.2 Å². The Hall–Kier alpha value is -4.20. The minimum Gasteiger partial charge on any atom is -0.497 e. The molecule has 12 heteroatoms. The number of hydrogen-bond acceptors (Lipinski definition) is 7. The zero-order valence-corrected chi connectivity index (χ0v) is 22.6. The third-order valence-corrected chi connectivity index (χ3v) is 5.54. The van der Waals surface area contributed by atoms with Gasteiger partial charge in [0.15, 0.2) is 18.1 Å². The molecule has 0 fully saturated rings. The van der Waals surface area contributed by atoms with Gasteiger partial charge in [-0.15, -0.1) is 0 Å². The number of hydrogen-bond donors (Lipinski definition) is 3. The largest absolute Gasteiger partial charge is 0.497 e. The van der Waals surface area contributed by atoms with Crippen molar-refractivity contribution in [2.45, 2.75) is 6.92 Å². The first-order valence-electron chi connectivity index (χ1n) is 11.2. The predicted molar refractivity (Wildman–Crippen MR) is 148 cm³/mol. The van der Waals surface area contributed by atoms with Crippen molar-refractivity contribution in [3.63, 3.8) is 0 Å². The van der Waals surface area contributed by atoms with Crippen LogP contribution in [-0.4, -0.2) is 44.3 Å². The molecule has 0 saturated heterocycles. The highest BCUT2D eigenvalue weighted by atomic mass is 127. The molecule has 0 aliphatic heterocycles. The number of nitrogens with one attached hydrogen (secondary N) is 3. The molecule has 0 saturated carbocycles. The number of carbonyl (C=O) groups excluding carboxylic acids is 3. The van der Waals surface area contributed by atoms with Crippen LogP contribution >= 0.6 is 22.6 Å². The summed E-state index contributed by atoms with van der Waals surface area (Å²) in [5, 5.41) is 8.88. The SMILES string of the molecule is CCOc1cc(/C=N\NC(=O)C(=O)Nc2ccc(F)cc2)cc(I)c1OCC(=O)Nc1ccc(OC)cc1. The second-order valence-corrected chi connectivity index (χ2v) is 8.65. The lowest BCUT2D eigenvalue weighted by Gasteiger charge is -2.14. The molecule has 3 rings (SSSR count). The van der Waals surface area contributed by atoms with Crippen LogP contribution in [0, 0.1) is 9.39 Å². The first-order valence-corrected chi connectivity index (χ1v) is 12.3. The summed E-state index contributed by atoms with van der Waals surface area (Å²) in [6, 6.07) is 15.2. The molecule has 0 aromatic heterocycles. The molecule has 10 nitrogen and oxygen atoms in total. The zero-order valence-electron chi connectivity index (χ0n) is 20.4. The van der Waals surface area contributed by atoms with E-state index in [2.05, 4.69) is 21.2 Å². The van der Waals surface area contributed by atoms with Crippen LogP contribution in [0.5, 0.6) is 17.2 Å². The Labute approximate surface area is 231 Å². The summed E-state index contributed by atoms with van der Waals surface area (Å²) in [4.78, 5) is 36.3. The molecule has 3 aromatic rings. The number of ether oxygens (including phenoxy) is 3. The molecular weight excluding hydrogens is 610 g/mol. The van der Waals surface area contributed by atoms with Crippen molar-refractivity contribution in [2.75, 3.05) is 31.0 Å². The normalized spacial score (nSPS) is 10.5. The van der Waals surface area contributed by atoms with Gasteiger partial charge < -0.3 is 24.8 Å². The summed E-state index contributed by atoms with van der Waals surface area (Å²) in [5.41, 5.74) is 3.54. The Bertz CT molecular complexity index is 1320. The zero-order chi connectivity index (χ0) is 27.5. The molecule has 0 bridgehead atoms. The van der Waals surface area contributed by atoms with Crippen LogP contribution in [-0.2, 0) is 14.4 Å². The van der Waals surface area contributed by atoms with Gasteiger partial charge in [0, 0.05) is 11.4 Å². The maximum Gasteiger partial charge on any atom is 0.329 e. The van der Waals surface area contributed by atoms with Crippen molar-refractivity contribution in [2.24, 2.45) is 5.10 Å². The first kappa shape index (κ1) is 28.4. The fourth-order valence-corrected chi connectivity index (χ4v) is 3.79. The lowest BCUT2D eigenvalue weighted by Crippen LogP contribution is -2.32. The summed E-state index contributed by atoms with van der Waals surface area (Å²) in [6.07, 6.45) is 1.33. The number of halogens is 2. The van der Waals surface area contributed by atoms with E-state index < -0.39 is 17.6 Å². The molecular formula is C26H24FIN4O6. The summed E-state index contributed by atoms with van der Waals surface area (Å²) in [6.45, 7) is 1.88. The number of carbonyl (C=O) groups is 3. The average molecular weight is 634 g/mol. The van der Waals surface area contributed by atoms with Crippen LogP contribution in [0.3, 0.4) is 0 Å². The molecule has 0 radical (unpaired) electrons. The van der Waals surface area contributed by atoms with E-state index in [1.807, 2.05) is 22.6 Å². The van der Waals surface area contributed by atoms with Crippen LogP contribution in [0.1, 0.15) is 12.5 Å². The first-order chi connectivity index (χ1) is 18.3. The Morgan fingerprint density at radius 2 is 1.61 bits per heavy atom. The number of anilines is 2. The fourth-order valence-electron chi connectivity index (χ4n) is 3.01. The van der Waals surface area contributed by atoms with Gasteiger partial charge in [-0.25, -0.2) is 9.82 Å². The maximum absolute atomic E-state index is 13.0. The number of nitrogens with zero attached hydrogens (tertiary/aromatic N) is 1. The van der Waals surface area contributed by atoms with Crippen molar-refractivity contribution < 1.29 is 33.0 Å². The van der Waals surface area contributed by atoms with Gasteiger partial charge in [0.25, 0.3) is 5.91 Å². The van der Waals surface area contributed by atoms with E-state index in [4.69, 9.17) is 14.2 Å². The fraction of sp³-hybridized carbons (Fsp3) is 0.154. The topological polar surface area (TPSA) is 127 Å². The monoisotopic (exact) mass is 634 g/mol. The second-order valence-electron chi connectivity index (χ2n) is 7.49. The van der Waals surface area contributed by atoms with E-state index in [0.717, 1.165) is 12.1 Å². The summed E-state index contributed by atoms with van der Waals surface area (Å²) in [5.74, 6) is -1.38. The molecule has 3 amide bonds. The molecule has 38 heavy (non-hydrogen) atoms. The average Bonchev–Trinajstić information content (AvgIpc) is 2.90. The van der Waals surface area contributed by atoms with E-state index in [1.54, 1.807) is 50.4 Å². The molecule has 0 atom stereocenters. The van der Waals surface area contributed by atoms with Crippen molar-refractivity contribution in [1.82, 2.24) is 5.43 Å². The van der Waals surface area contributed by atoms with Gasteiger partial charge in [-0.3, -0.25) is 14.4 Å². The van der Waals surface area contributed by atoms with Gasteiger partial charge in [0.2, 0.25) is 0 Å². The highest BCUT2D eigenvalue weighted by molar-refractivity contribution is 14.1. The molecule has 0 spiro atoms. The second kappa shape index (κ2) is 13.9. The van der Waals surface area contributed by atoms with E-state index in [0.29, 0.717) is 38.7 Å². The van der Waals surface area contributed by atoms with Gasteiger partial charge in [-0.1, -0.05) is 0 Å². The quantitative estimate of drug-likeness (QED) is 0.134. The Balaban J connectivity index is 1.59. The van der Waals surface area contributed by atoms with Gasteiger partial charge in [0.05, 0.1) is 23.5 Å². The van der Waals surface area contributed by atoms with E-state index in [9.17, 15) is 18.8 Å². The van der Waals surface area contributed by atoms with Gasteiger partial charge in [-0.05, 0) is 95.7 Å². The summed E-state index contributed by atoms with van der Waals surface area (Å²) >= 11 is 2.03. The minimum absolute atomic E-state index is 0.255. The molecule has 198 valence electrons. The highest BCUT2D eigenvalue weighted by Gasteiger charge is 2.15. The third kappa shape index (κ3) is 8.44. The molecule has 3 aromatic carbocycles. The van der Waals surface area contributed by atoms with Crippen LogP contribution in [0.15, 0.2) is 65.8 Å². The van der Waals surface area contributed by atoms with E-state index >= 15 is 0 Å². The number of amides is 3. The van der Waals surface area contributed by atoms with Gasteiger partial charge in [0.1, 0.15) is 11.6 Å². The Morgan fingerprint density at radius 1 is 0.947 bits per heavy atom. The van der Waals surface area contributed by atoms with Crippen LogP contribution < -0.4 is 30.3 Å². The van der Waals surface area contributed by atoms with Crippen molar-refractivity contribution in [3.05, 3.63) is 75.6 Å². The summed E-state index contributed by atoms with van der Waals surface area (Å²) < 4.78 is 30.1.